The summed E-state index contributed by atoms with van der Waals surface area (Å²) in [7, 11) is 0. The third kappa shape index (κ3) is 7.21. The second-order valence-corrected chi connectivity index (χ2v) is 8.46. The van der Waals surface area contributed by atoms with Gasteiger partial charge in [0.15, 0.2) is 0 Å². The number of aromatic nitrogens is 3. The van der Waals surface area contributed by atoms with E-state index in [1.807, 2.05) is 6.07 Å². The Hall–Kier alpha value is -4.06. The minimum atomic E-state index is -1.35. The number of aryl methyl sites for hydroxylation is 3. The van der Waals surface area contributed by atoms with Gasteiger partial charge in [0, 0.05) is 18.5 Å². The van der Waals surface area contributed by atoms with Gasteiger partial charge in [0.25, 0.3) is 11.8 Å². The highest BCUT2D eigenvalue weighted by Gasteiger charge is 2.25. The molecule has 3 rings (SSSR count). The average molecular weight is 499 g/mol. The third-order valence-electron chi connectivity index (χ3n) is 5.07. The summed E-state index contributed by atoms with van der Waals surface area (Å²) < 4.78 is 0. The molecule has 0 spiro atoms. The minimum absolute atomic E-state index is 0.174. The maximum absolute atomic E-state index is 12.8. The van der Waals surface area contributed by atoms with Gasteiger partial charge in [-0.1, -0.05) is 12.1 Å². The molecular formula is C23H26N6O5S. The zero-order valence-corrected chi connectivity index (χ0v) is 20.1. The molecule has 2 heterocycles. The van der Waals surface area contributed by atoms with Gasteiger partial charge in [0.05, 0.1) is 22.5 Å². The molecule has 0 aliphatic rings. The molecule has 11 nitrogen and oxygen atoms in total. The highest BCUT2D eigenvalue weighted by molar-refractivity contribution is 7.07. The monoisotopic (exact) mass is 498 g/mol. The second-order valence-electron chi connectivity index (χ2n) is 7.74. The molecule has 2 amide bonds. The van der Waals surface area contributed by atoms with E-state index in [-0.39, 0.29) is 23.6 Å². The van der Waals surface area contributed by atoms with Crippen LogP contribution in [-0.2, 0) is 11.2 Å². The largest absolute Gasteiger partial charge is 0.508 e. The van der Waals surface area contributed by atoms with Crippen molar-refractivity contribution in [1.82, 2.24) is 25.6 Å². The van der Waals surface area contributed by atoms with Crippen LogP contribution in [0.4, 0.5) is 5.95 Å². The molecule has 35 heavy (non-hydrogen) atoms. The number of anilines is 1. The fraction of sp³-hybridized carbons (Fsp3) is 0.304. The third-order valence-corrected chi connectivity index (χ3v) is 5.66. The van der Waals surface area contributed by atoms with Crippen molar-refractivity contribution in [3.8, 4) is 5.75 Å². The number of carbonyl (C=O) groups is 3. The Kier molecular flexibility index (Phi) is 8.68. The van der Waals surface area contributed by atoms with Crippen LogP contribution in [0, 0.1) is 13.8 Å². The molecule has 12 heteroatoms. The number of phenolic OH excluding ortho intramolecular Hbond substituents is 1. The summed E-state index contributed by atoms with van der Waals surface area (Å²) in [5.41, 5.74) is 3.64. The number of aromatic hydroxyl groups is 1. The first kappa shape index (κ1) is 25.6. The van der Waals surface area contributed by atoms with Crippen LogP contribution in [0.1, 0.15) is 44.2 Å². The Morgan fingerprint density at radius 2 is 1.86 bits per heavy atom. The first-order chi connectivity index (χ1) is 16.7. The zero-order valence-electron chi connectivity index (χ0n) is 19.2. The number of rotatable bonds is 11. The Morgan fingerprint density at radius 3 is 2.49 bits per heavy atom. The fourth-order valence-corrected chi connectivity index (χ4v) is 3.90. The quantitative estimate of drug-likeness (QED) is 0.248. The highest BCUT2D eigenvalue weighted by atomic mass is 32.1. The normalized spacial score (nSPS) is 11.5. The van der Waals surface area contributed by atoms with Crippen molar-refractivity contribution >= 4 is 35.1 Å². The smallest absolute Gasteiger partial charge is 0.328 e. The van der Waals surface area contributed by atoms with E-state index in [2.05, 4.69) is 30.9 Å². The van der Waals surface area contributed by atoms with Gasteiger partial charge in [-0.25, -0.2) is 19.7 Å². The number of carboxylic acids is 1. The number of hydrogen-bond donors (Lipinski definition) is 5. The SMILES string of the molecule is Cc1nc(NCCCc2cccc(O)c2)nc(C)c1C(=O)N[C@@H](CNC(=O)c1cscn1)C(=O)O. The molecule has 0 radical (unpaired) electrons. The molecule has 1 atom stereocenters. The first-order valence-corrected chi connectivity index (χ1v) is 11.8. The van der Waals surface area contributed by atoms with Crippen LogP contribution in [-0.4, -0.2) is 62.1 Å². The van der Waals surface area contributed by atoms with E-state index in [1.54, 1.807) is 32.0 Å². The van der Waals surface area contributed by atoms with Crippen molar-refractivity contribution in [2.45, 2.75) is 32.7 Å². The van der Waals surface area contributed by atoms with Crippen LogP contribution in [0.5, 0.6) is 5.75 Å². The van der Waals surface area contributed by atoms with Crippen LogP contribution in [0.3, 0.4) is 0 Å². The summed E-state index contributed by atoms with van der Waals surface area (Å²) in [5, 5.41) is 28.5. The van der Waals surface area contributed by atoms with Crippen LogP contribution < -0.4 is 16.0 Å². The van der Waals surface area contributed by atoms with E-state index in [0.29, 0.717) is 23.9 Å². The second kappa shape index (κ2) is 11.9. The summed E-state index contributed by atoms with van der Waals surface area (Å²) in [6, 6.07) is 5.72. The number of nitrogens with zero attached hydrogens (tertiary/aromatic N) is 3. The van der Waals surface area contributed by atoms with Crippen LogP contribution in [0.15, 0.2) is 35.2 Å². The summed E-state index contributed by atoms with van der Waals surface area (Å²) in [4.78, 5) is 49.0. The summed E-state index contributed by atoms with van der Waals surface area (Å²) in [6.45, 7) is 3.55. The molecule has 0 aliphatic carbocycles. The number of carbonyl (C=O) groups excluding carboxylic acids is 2. The molecule has 0 bridgehead atoms. The van der Waals surface area contributed by atoms with Gasteiger partial charge in [0.2, 0.25) is 5.95 Å². The number of carboxylic acid groups (broad SMARTS) is 1. The molecule has 2 aromatic heterocycles. The Balaban J connectivity index is 1.57. The number of aliphatic carboxylic acids is 1. The highest BCUT2D eigenvalue weighted by Crippen LogP contribution is 2.15. The minimum Gasteiger partial charge on any atom is -0.508 e. The number of nitrogens with one attached hydrogen (secondary N) is 3. The molecule has 5 N–H and O–H groups in total. The van der Waals surface area contributed by atoms with Gasteiger partial charge < -0.3 is 26.2 Å². The first-order valence-electron chi connectivity index (χ1n) is 10.8. The predicted molar refractivity (Wildman–Crippen MR) is 130 cm³/mol. The van der Waals surface area contributed by atoms with Gasteiger partial charge in [-0.2, -0.15) is 0 Å². The molecule has 0 aliphatic heterocycles. The van der Waals surface area contributed by atoms with Crippen molar-refractivity contribution in [2.75, 3.05) is 18.4 Å². The molecule has 3 aromatic rings. The maximum Gasteiger partial charge on any atom is 0.328 e. The molecule has 184 valence electrons. The van der Waals surface area contributed by atoms with E-state index >= 15 is 0 Å². The summed E-state index contributed by atoms with van der Waals surface area (Å²) in [6.07, 6.45) is 1.54. The van der Waals surface area contributed by atoms with E-state index in [9.17, 15) is 24.6 Å². The van der Waals surface area contributed by atoms with Crippen LogP contribution >= 0.6 is 11.3 Å². The molecular weight excluding hydrogens is 472 g/mol. The summed E-state index contributed by atoms with van der Waals surface area (Å²) in [5.74, 6) is -1.88. The maximum atomic E-state index is 12.8. The van der Waals surface area contributed by atoms with E-state index in [0.717, 1.165) is 18.4 Å². The molecule has 0 fully saturated rings. The molecule has 1 aromatic carbocycles. The van der Waals surface area contributed by atoms with Gasteiger partial charge in [0.1, 0.15) is 17.5 Å². The Bertz CT molecular complexity index is 1180. The van der Waals surface area contributed by atoms with Crippen molar-refractivity contribution in [3.63, 3.8) is 0 Å². The number of hydrogen-bond acceptors (Lipinski definition) is 9. The van der Waals surface area contributed by atoms with Gasteiger partial charge >= 0.3 is 5.97 Å². The molecule has 0 saturated heterocycles. The summed E-state index contributed by atoms with van der Waals surface area (Å²) >= 11 is 1.24. The number of benzene rings is 1. The van der Waals surface area contributed by atoms with Gasteiger partial charge in [-0.3, -0.25) is 9.59 Å². The average Bonchev–Trinajstić information content (AvgIpc) is 3.34. The van der Waals surface area contributed by atoms with E-state index in [1.165, 1.54) is 22.2 Å². The molecule has 0 saturated carbocycles. The van der Waals surface area contributed by atoms with E-state index in [4.69, 9.17) is 0 Å². The zero-order chi connectivity index (χ0) is 25.4. The van der Waals surface area contributed by atoms with Crippen molar-refractivity contribution < 1.29 is 24.6 Å². The van der Waals surface area contributed by atoms with Gasteiger partial charge in [-0.15, -0.1) is 11.3 Å². The number of thiazole rings is 1. The fourth-order valence-electron chi connectivity index (χ4n) is 3.37. The van der Waals surface area contributed by atoms with Crippen LogP contribution in [0.25, 0.3) is 0 Å². The number of phenols is 1. The van der Waals surface area contributed by atoms with Crippen molar-refractivity contribution in [2.24, 2.45) is 0 Å². The lowest BCUT2D eigenvalue weighted by Crippen LogP contribution is -2.48. The van der Waals surface area contributed by atoms with Crippen molar-refractivity contribution in [1.29, 1.82) is 0 Å². The molecule has 0 unspecified atom stereocenters. The number of amides is 2. The Morgan fingerprint density at radius 1 is 1.11 bits per heavy atom. The topological polar surface area (TPSA) is 166 Å². The predicted octanol–water partition coefficient (Wildman–Crippen LogP) is 1.91. The van der Waals surface area contributed by atoms with Crippen molar-refractivity contribution in [3.05, 3.63) is 63.4 Å². The van der Waals surface area contributed by atoms with E-state index < -0.39 is 23.8 Å². The Labute approximate surface area is 205 Å². The standard InChI is InChI=1S/C23H26N6O5S/c1-13-19(21(32)29-17(22(33)34)10-25-20(31)18-11-35-12-26-18)14(2)28-23(27-13)24-8-4-6-15-5-3-7-16(30)9-15/h3,5,7,9,11-12,17,30H,4,6,8,10H2,1-2H3,(H,25,31)(H,29,32)(H,33,34)(H,24,27,28)/t17-/m0/s1. The van der Waals surface area contributed by atoms with Crippen LogP contribution in [0.2, 0.25) is 0 Å². The van der Waals surface area contributed by atoms with Gasteiger partial charge in [-0.05, 0) is 44.4 Å². The lowest BCUT2D eigenvalue weighted by atomic mass is 10.1. The lowest BCUT2D eigenvalue weighted by Gasteiger charge is -2.17. The lowest BCUT2D eigenvalue weighted by molar-refractivity contribution is -0.139.